The van der Waals surface area contributed by atoms with Crippen LogP contribution in [0.1, 0.15) is 11.4 Å². The molecule has 0 amide bonds. The van der Waals surface area contributed by atoms with Gasteiger partial charge in [0.15, 0.2) is 0 Å². The predicted molar refractivity (Wildman–Crippen MR) is 98.7 cm³/mol. The Bertz CT molecular complexity index is 900. The van der Waals surface area contributed by atoms with Crippen LogP contribution in [0.5, 0.6) is 0 Å². The van der Waals surface area contributed by atoms with Crippen LogP contribution in [-0.2, 0) is 16.0 Å². The highest BCUT2D eigenvalue weighted by Crippen LogP contribution is 2.26. The fourth-order valence-corrected chi connectivity index (χ4v) is 3.10. The van der Waals surface area contributed by atoms with E-state index in [9.17, 15) is 0 Å². The van der Waals surface area contributed by atoms with Crippen LogP contribution in [0.2, 0.25) is 0 Å². The molecule has 3 aromatic rings. The monoisotopic (exact) mass is 350 g/mol. The van der Waals surface area contributed by atoms with Gasteiger partial charge >= 0.3 is 0 Å². The van der Waals surface area contributed by atoms with E-state index in [1.54, 1.807) is 6.20 Å². The van der Waals surface area contributed by atoms with Gasteiger partial charge in [0.2, 0.25) is 0 Å². The summed E-state index contributed by atoms with van der Waals surface area (Å²) in [7, 11) is 0. The Morgan fingerprint density at radius 1 is 1.15 bits per heavy atom. The molecule has 1 fully saturated rings. The van der Waals surface area contributed by atoms with E-state index in [-0.39, 0.29) is 6.10 Å². The third-order valence-corrected chi connectivity index (χ3v) is 4.42. The molecule has 6 nitrogen and oxygen atoms in total. The lowest BCUT2D eigenvalue weighted by molar-refractivity contribution is -0.0946. The van der Waals surface area contributed by atoms with Crippen molar-refractivity contribution in [2.75, 3.05) is 19.8 Å². The minimum absolute atomic E-state index is 0.0630. The number of hydrogen-bond acceptors (Lipinski definition) is 5. The molecule has 4 rings (SSSR count). The molecule has 1 aliphatic heterocycles. The summed E-state index contributed by atoms with van der Waals surface area (Å²) in [6.45, 7) is 6.58. The largest absolute Gasteiger partial charge is 0.376 e. The van der Waals surface area contributed by atoms with Crippen LogP contribution >= 0.6 is 0 Å². The molecular formula is C20H22N4O2. The molecule has 1 aliphatic rings. The van der Waals surface area contributed by atoms with E-state index >= 15 is 0 Å². The first kappa shape index (κ1) is 16.9. The molecule has 0 aliphatic carbocycles. The second kappa shape index (κ2) is 7.35. The molecule has 0 radical (unpaired) electrons. The Morgan fingerprint density at radius 3 is 2.88 bits per heavy atom. The first-order valence-electron chi connectivity index (χ1n) is 8.83. The van der Waals surface area contributed by atoms with Crippen molar-refractivity contribution in [1.82, 2.24) is 19.7 Å². The molecule has 0 bridgehead atoms. The third kappa shape index (κ3) is 3.66. The molecule has 2 aromatic heterocycles. The summed E-state index contributed by atoms with van der Waals surface area (Å²) in [6.07, 6.45) is 3.84. The van der Waals surface area contributed by atoms with Crippen molar-refractivity contribution in [2.45, 2.75) is 26.5 Å². The molecule has 1 saturated heterocycles. The van der Waals surface area contributed by atoms with Crippen LogP contribution in [0.3, 0.4) is 0 Å². The summed E-state index contributed by atoms with van der Waals surface area (Å²) in [5.41, 5.74) is 5.79. The Hall–Kier alpha value is -2.57. The van der Waals surface area contributed by atoms with Gasteiger partial charge in [-0.3, -0.25) is 9.67 Å². The minimum atomic E-state index is 0.0630. The van der Waals surface area contributed by atoms with E-state index < -0.39 is 0 Å². The molecule has 26 heavy (non-hydrogen) atoms. The van der Waals surface area contributed by atoms with Crippen LogP contribution in [0, 0.1) is 13.8 Å². The lowest BCUT2D eigenvalue weighted by Gasteiger charge is -2.22. The molecule has 3 heterocycles. The lowest BCUT2D eigenvalue weighted by Crippen LogP contribution is -2.32. The zero-order valence-electron chi connectivity index (χ0n) is 15.1. The van der Waals surface area contributed by atoms with Crippen LogP contribution in [0.4, 0.5) is 0 Å². The highest BCUT2D eigenvalue weighted by molar-refractivity contribution is 5.70. The molecule has 0 spiro atoms. The average Bonchev–Trinajstić information content (AvgIpc) is 3.13. The molecular weight excluding hydrogens is 328 g/mol. The summed E-state index contributed by atoms with van der Waals surface area (Å²) >= 11 is 0. The van der Waals surface area contributed by atoms with Gasteiger partial charge in [-0.15, -0.1) is 0 Å². The topological polar surface area (TPSA) is 62.1 Å². The molecule has 0 saturated carbocycles. The van der Waals surface area contributed by atoms with Gasteiger partial charge in [0.1, 0.15) is 6.10 Å². The maximum atomic E-state index is 5.70. The number of rotatable bonds is 4. The average molecular weight is 350 g/mol. The first-order chi connectivity index (χ1) is 12.7. The predicted octanol–water partition coefficient (Wildman–Crippen LogP) is 3.04. The fraction of sp³-hybridized carbons (Fsp3) is 0.350. The van der Waals surface area contributed by atoms with Gasteiger partial charge in [0.05, 0.1) is 49.1 Å². The van der Waals surface area contributed by atoms with E-state index in [2.05, 4.69) is 28.2 Å². The maximum Gasteiger partial charge on any atom is 0.100 e. The second-order valence-corrected chi connectivity index (χ2v) is 6.52. The SMILES string of the molecule is Cc1cnc(C)c(-c2cccc(-c3ccn(CC4COCCO4)n3)c2)n1. The molecule has 0 N–H and O–H groups in total. The van der Waals surface area contributed by atoms with Gasteiger partial charge < -0.3 is 9.47 Å². The van der Waals surface area contributed by atoms with Crippen molar-refractivity contribution >= 4 is 0 Å². The summed E-state index contributed by atoms with van der Waals surface area (Å²) in [5, 5.41) is 4.69. The van der Waals surface area contributed by atoms with Crippen molar-refractivity contribution in [3.05, 3.63) is 54.1 Å². The minimum Gasteiger partial charge on any atom is -0.376 e. The van der Waals surface area contributed by atoms with Gasteiger partial charge in [0, 0.05) is 23.5 Å². The van der Waals surface area contributed by atoms with Crippen LogP contribution in [-0.4, -0.2) is 45.7 Å². The number of aromatic nitrogens is 4. The smallest absolute Gasteiger partial charge is 0.100 e. The van der Waals surface area contributed by atoms with Crippen molar-refractivity contribution in [3.8, 4) is 22.5 Å². The van der Waals surface area contributed by atoms with Crippen LogP contribution in [0.15, 0.2) is 42.7 Å². The van der Waals surface area contributed by atoms with Gasteiger partial charge in [-0.05, 0) is 26.0 Å². The number of hydrogen-bond donors (Lipinski definition) is 0. The zero-order valence-corrected chi connectivity index (χ0v) is 15.1. The van der Waals surface area contributed by atoms with Gasteiger partial charge in [-0.25, -0.2) is 4.98 Å². The number of benzene rings is 1. The molecule has 1 aromatic carbocycles. The van der Waals surface area contributed by atoms with E-state index in [1.165, 1.54) is 0 Å². The molecule has 1 unspecified atom stereocenters. The third-order valence-electron chi connectivity index (χ3n) is 4.42. The number of ether oxygens (including phenoxy) is 2. The van der Waals surface area contributed by atoms with Gasteiger partial charge in [-0.1, -0.05) is 18.2 Å². The normalized spacial score (nSPS) is 17.4. The Balaban J connectivity index is 1.58. The van der Waals surface area contributed by atoms with Crippen molar-refractivity contribution in [2.24, 2.45) is 0 Å². The number of nitrogens with zero attached hydrogens (tertiary/aromatic N) is 4. The second-order valence-electron chi connectivity index (χ2n) is 6.52. The quantitative estimate of drug-likeness (QED) is 0.724. The van der Waals surface area contributed by atoms with E-state index in [0.717, 1.165) is 33.9 Å². The Kier molecular flexibility index (Phi) is 4.77. The summed E-state index contributed by atoms with van der Waals surface area (Å²) in [6, 6.07) is 10.3. The van der Waals surface area contributed by atoms with E-state index in [1.807, 2.05) is 36.9 Å². The van der Waals surface area contributed by atoms with Crippen molar-refractivity contribution < 1.29 is 9.47 Å². The summed E-state index contributed by atoms with van der Waals surface area (Å²) < 4.78 is 13.1. The highest BCUT2D eigenvalue weighted by atomic mass is 16.6. The highest BCUT2D eigenvalue weighted by Gasteiger charge is 2.16. The Morgan fingerprint density at radius 2 is 2.04 bits per heavy atom. The first-order valence-corrected chi connectivity index (χ1v) is 8.83. The maximum absolute atomic E-state index is 5.70. The van der Waals surface area contributed by atoms with E-state index in [4.69, 9.17) is 14.6 Å². The van der Waals surface area contributed by atoms with Crippen LogP contribution in [0.25, 0.3) is 22.5 Å². The molecule has 1 atom stereocenters. The van der Waals surface area contributed by atoms with Crippen molar-refractivity contribution in [3.63, 3.8) is 0 Å². The molecule has 6 heteroatoms. The summed E-state index contributed by atoms with van der Waals surface area (Å²) in [5.74, 6) is 0. The summed E-state index contributed by atoms with van der Waals surface area (Å²) in [4.78, 5) is 9.06. The lowest BCUT2D eigenvalue weighted by atomic mass is 10.0. The van der Waals surface area contributed by atoms with Crippen molar-refractivity contribution in [1.29, 1.82) is 0 Å². The molecule has 134 valence electrons. The number of aryl methyl sites for hydroxylation is 2. The standard InChI is InChI=1S/C20H22N4O2/c1-14-11-21-15(2)20(22-14)17-5-3-4-16(10-17)19-6-7-24(23-19)12-18-13-25-8-9-26-18/h3-7,10-11,18H,8-9,12-13H2,1-2H3. The van der Waals surface area contributed by atoms with Crippen LogP contribution < -0.4 is 0 Å². The van der Waals surface area contributed by atoms with Gasteiger partial charge in [0.25, 0.3) is 0 Å². The fourth-order valence-electron chi connectivity index (χ4n) is 3.10. The van der Waals surface area contributed by atoms with E-state index in [0.29, 0.717) is 26.4 Å². The van der Waals surface area contributed by atoms with Gasteiger partial charge in [-0.2, -0.15) is 5.10 Å². The Labute approximate surface area is 152 Å². The zero-order chi connectivity index (χ0) is 17.9.